The van der Waals surface area contributed by atoms with Crippen LogP contribution >= 0.6 is 0 Å². The topological polar surface area (TPSA) is 41.5 Å². The predicted molar refractivity (Wildman–Crippen MR) is 82.6 cm³/mol. The number of ether oxygens (including phenoxy) is 1. The van der Waals surface area contributed by atoms with E-state index in [0.717, 1.165) is 28.1 Å². The average molecular weight is 271 g/mol. The van der Waals surface area contributed by atoms with Crippen LogP contribution in [0.1, 0.15) is 22.3 Å². The summed E-state index contributed by atoms with van der Waals surface area (Å²) < 4.78 is 5.37. The van der Waals surface area contributed by atoms with E-state index in [9.17, 15) is 5.11 Å². The zero-order chi connectivity index (χ0) is 14.7. The maximum absolute atomic E-state index is 9.96. The van der Waals surface area contributed by atoms with Crippen molar-refractivity contribution < 1.29 is 9.84 Å². The molecule has 0 aliphatic heterocycles. The predicted octanol–water partition coefficient (Wildman–Crippen LogP) is 3.94. The minimum Gasteiger partial charge on any atom is -0.507 e. The molecule has 20 heavy (non-hydrogen) atoms. The summed E-state index contributed by atoms with van der Waals surface area (Å²) in [6, 6.07) is 10.0. The summed E-state index contributed by atoms with van der Waals surface area (Å²) in [5.41, 5.74) is 5.01. The second-order valence-corrected chi connectivity index (χ2v) is 5.07. The van der Waals surface area contributed by atoms with E-state index in [1.165, 1.54) is 5.56 Å². The van der Waals surface area contributed by atoms with Crippen LogP contribution in [0.4, 0.5) is 5.69 Å². The van der Waals surface area contributed by atoms with E-state index in [0.29, 0.717) is 12.3 Å². The van der Waals surface area contributed by atoms with Gasteiger partial charge in [-0.1, -0.05) is 23.8 Å². The number of phenols is 1. The number of phenolic OH excluding ortho intramolecular Hbond substituents is 1. The van der Waals surface area contributed by atoms with Gasteiger partial charge in [-0.2, -0.15) is 0 Å². The van der Waals surface area contributed by atoms with Crippen LogP contribution in [0.3, 0.4) is 0 Å². The maximum atomic E-state index is 9.96. The lowest BCUT2D eigenvalue weighted by molar-refractivity contribution is 0.410. The van der Waals surface area contributed by atoms with Gasteiger partial charge in [0.1, 0.15) is 11.5 Å². The van der Waals surface area contributed by atoms with E-state index in [-0.39, 0.29) is 0 Å². The molecule has 0 spiro atoms. The Balaban J connectivity index is 2.21. The molecule has 3 nitrogen and oxygen atoms in total. The van der Waals surface area contributed by atoms with E-state index in [2.05, 4.69) is 18.3 Å². The molecule has 2 N–H and O–H groups in total. The minimum atomic E-state index is 0.353. The van der Waals surface area contributed by atoms with Gasteiger partial charge in [0.05, 0.1) is 7.11 Å². The Bertz CT molecular complexity index is 621. The molecule has 0 bridgehead atoms. The van der Waals surface area contributed by atoms with Gasteiger partial charge in [-0.25, -0.2) is 0 Å². The van der Waals surface area contributed by atoms with Crippen molar-refractivity contribution in [2.24, 2.45) is 0 Å². The third-order valence-corrected chi connectivity index (χ3v) is 3.54. The van der Waals surface area contributed by atoms with Crippen molar-refractivity contribution in [1.29, 1.82) is 0 Å². The van der Waals surface area contributed by atoms with Crippen molar-refractivity contribution in [2.45, 2.75) is 27.3 Å². The number of hydrogen-bond donors (Lipinski definition) is 2. The molecule has 3 heteroatoms. The number of aromatic hydroxyl groups is 1. The summed E-state index contributed by atoms with van der Waals surface area (Å²) in [4.78, 5) is 0. The summed E-state index contributed by atoms with van der Waals surface area (Å²) in [5, 5.41) is 13.3. The van der Waals surface area contributed by atoms with Crippen molar-refractivity contribution in [3.8, 4) is 11.5 Å². The van der Waals surface area contributed by atoms with Gasteiger partial charge in [0, 0.05) is 23.4 Å². The van der Waals surface area contributed by atoms with Crippen molar-refractivity contribution in [1.82, 2.24) is 0 Å². The van der Waals surface area contributed by atoms with Crippen LogP contribution in [0, 0.1) is 20.8 Å². The third-order valence-electron chi connectivity index (χ3n) is 3.54. The Hall–Kier alpha value is -2.16. The Morgan fingerprint density at radius 3 is 2.55 bits per heavy atom. The fraction of sp³-hybridized carbons (Fsp3) is 0.294. The average Bonchev–Trinajstić information content (AvgIpc) is 2.44. The van der Waals surface area contributed by atoms with Crippen LogP contribution in [0.2, 0.25) is 0 Å². The quantitative estimate of drug-likeness (QED) is 0.885. The Kier molecular flexibility index (Phi) is 4.18. The van der Waals surface area contributed by atoms with Crippen LogP contribution in [-0.4, -0.2) is 12.2 Å². The molecule has 0 aliphatic carbocycles. The summed E-state index contributed by atoms with van der Waals surface area (Å²) >= 11 is 0. The van der Waals surface area contributed by atoms with Gasteiger partial charge in [0.2, 0.25) is 0 Å². The molecule has 2 aromatic rings. The first-order valence-corrected chi connectivity index (χ1v) is 6.69. The van der Waals surface area contributed by atoms with E-state index in [4.69, 9.17) is 4.74 Å². The number of rotatable bonds is 4. The minimum absolute atomic E-state index is 0.353. The Morgan fingerprint density at radius 2 is 1.85 bits per heavy atom. The zero-order valence-electron chi connectivity index (χ0n) is 12.4. The summed E-state index contributed by atoms with van der Waals surface area (Å²) in [6.45, 7) is 6.54. The molecule has 0 saturated heterocycles. The highest BCUT2D eigenvalue weighted by molar-refractivity contribution is 5.59. The molecule has 0 unspecified atom stereocenters. The van der Waals surface area contributed by atoms with Gasteiger partial charge < -0.3 is 15.2 Å². The van der Waals surface area contributed by atoms with Crippen LogP contribution in [0.5, 0.6) is 11.5 Å². The second kappa shape index (κ2) is 5.87. The van der Waals surface area contributed by atoms with Crippen LogP contribution in [-0.2, 0) is 6.54 Å². The Labute approximate surface area is 120 Å². The van der Waals surface area contributed by atoms with Gasteiger partial charge in [0.15, 0.2) is 0 Å². The molecular formula is C17H21NO2. The standard InChI is InChI=1S/C17H21NO2/c1-11-5-8-16(20-4)14(9-11)10-18-15-7-6-12(2)17(19)13(15)3/h5-9,18-19H,10H2,1-4H3. The lowest BCUT2D eigenvalue weighted by atomic mass is 10.1. The van der Waals surface area contributed by atoms with Gasteiger partial charge in [-0.3, -0.25) is 0 Å². The summed E-state index contributed by atoms with van der Waals surface area (Å²) in [7, 11) is 1.68. The van der Waals surface area contributed by atoms with E-state index >= 15 is 0 Å². The van der Waals surface area contributed by atoms with Crippen molar-refractivity contribution in [2.75, 3.05) is 12.4 Å². The molecule has 0 radical (unpaired) electrons. The molecule has 2 rings (SSSR count). The fourth-order valence-corrected chi connectivity index (χ4v) is 2.26. The first-order chi connectivity index (χ1) is 9.52. The molecular weight excluding hydrogens is 250 g/mol. The Morgan fingerprint density at radius 1 is 1.10 bits per heavy atom. The molecule has 0 aliphatic rings. The SMILES string of the molecule is COc1ccc(C)cc1CNc1ccc(C)c(O)c1C. The molecule has 0 saturated carbocycles. The molecule has 0 aromatic heterocycles. The van der Waals surface area contributed by atoms with Gasteiger partial charge in [-0.05, 0) is 38.5 Å². The van der Waals surface area contributed by atoms with E-state index in [1.807, 2.05) is 38.1 Å². The first kappa shape index (κ1) is 14.3. The van der Waals surface area contributed by atoms with Crippen LogP contribution < -0.4 is 10.1 Å². The van der Waals surface area contributed by atoms with Gasteiger partial charge >= 0.3 is 0 Å². The smallest absolute Gasteiger partial charge is 0.123 e. The molecule has 106 valence electrons. The number of nitrogens with one attached hydrogen (secondary N) is 1. The van der Waals surface area contributed by atoms with E-state index < -0.39 is 0 Å². The number of anilines is 1. The highest BCUT2D eigenvalue weighted by Gasteiger charge is 2.07. The first-order valence-electron chi connectivity index (χ1n) is 6.69. The van der Waals surface area contributed by atoms with Crippen LogP contribution in [0.15, 0.2) is 30.3 Å². The van der Waals surface area contributed by atoms with E-state index in [1.54, 1.807) is 7.11 Å². The number of aryl methyl sites for hydroxylation is 2. The number of hydrogen-bond acceptors (Lipinski definition) is 3. The van der Waals surface area contributed by atoms with Gasteiger partial charge in [-0.15, -0.1) is 0 Å². The largest absolute Gasteiger partial charge is 0.507 e. The fourth-order valence-electron chi connectivity index (χ4n) is 2.26. The van der Waals surface area contributed by atoms with Crippen LogP contribution in [0.25, 0.3) is 0 Å². The number of methoxy groups -OCH3 is 1. The maximum Gasteiger partial charge on any atom is 0.123 e. The van der Waals surface area contributed by atoms with Crippen molar-refractivity contribution in [3.63, 3.8) is 0 Å². The number of benzene rings is 2. The molecule has 0 fully saturated rings. The summed E-state index contributed by atoms with van der Waals surface area (Å²) in [5.74, 6) is 1.23. The van der Waals surface area contributed by atoms with Gasteiger partial charge in [0.25, 0.3) is 0 Å². The van der Waals surface area contributed by atoms with Crippen molar-refractivity contribution in [3.05, 3.63) is 52.6 Å². The molecule has 0 amide bonds. The highest BCUT2D eigenvalue weighted by Crippen LogP contribution is 2.29. The zero-order valence-corrected chi connectivity index (χ0v) is 12.4. The third kappa shape index (κ3) is 2.87. The lowest BCUT2D eigenvalue weighted by Gasteiger charge is -2.14. The monoisotopic (exact) mass is 271 g/mol. The second-order valence-electron chi connectivity index (χ2n) is 5.07. The molecule has 0 atom stereocenters. The molecule has 2 aromatic carbocycles. The molecule has 0 heterocycles. The normalized spacial score (nSPS) is 10.4. The lowest BCUT2D eigenvalue weighted by Crippen LogP contribution is -2.03. The summed E-state index contributed by atoms with van der Waals surface area (Å²) in [6.07, 6.45) is 0. The highest BCUT2D eigenvalue weighted by atomic mass is 16.5. The van der Waals surface area contributed by atoms with Crippen molar-refractivity contribution >= 4 is 5.69 Å².